The Balaban J connectivity index is 0.000000277. The minimum Gasteiger partial charge on any atom is -0.870 e. The molecule has 0 radical (unpaired) electrons. The number of carbonyl (C=O) groups excluding carboxylic acids is 1. The van der Waals surface area contributed by atoms with Crippen molar-refractivity contribution in [2.45, 2.75) is 75.5 Å². The maximum atomic E-state index is 13.2. The van der Waals surface area contributed by atoms with Crippen LogP contribution in [0.4, 0.5) is 22.7 Å². The minimum atomic E-state index is -3.85. The van der Waals surface area contributed by atoms with Gasteiger partial charge in [0.05, 0.1) is 55.3 Å². The second-order valence-corrected chi connectivity index (χ2v) is 21.5. The fourth-order valence-corrected chi connectivity index (χ4v) is 11.0. The molecule has 0 heterocycles. The number of aliphatic carboxylic acids is 1. The molecule has 398 valence electrons. The van der Waals surface area contributed by atoms with Gasteiger partial charge in [0, 0.05) is 58.1 Å². The largest absolute Gasteiger partial charge is 1.00 e. The van der Waals surface area contributed by atoms with Crippen LogP contribution in [0.2, 0.25) is 0 Å². The number of fused-ring (bicyclic) bond motifs is 2. The Morgan fingerprint density at radius 3 is 1.21 bits per heavy atom. The van der Waals surface area contributed by atoms with Gasteiger partial charge >= 0.3 is 30.8 Å². The summed E-state index contributed by atoms with van der Waals surface area (Å²) in [5, 5.41) is 12.7. The maximum Gasteiger partial charge on any atom is 1.00 e. The van der Waals surface area contributed by atoms with Gasteiger partial charge in [0.15, 0.2) is 0 Å². The van der Waals surface area contributed by atoms with Gasteiger partial charge in [-0.1, -0.05) is 97.1 Å². The molecule has 0 aliphatic rings. The van der Waals surface area contributed by atoms with E-state index in [1.54, 1.807) is 36.4 Å². The Kier molecular flexibility index (Phi) is 21.2. The molecular formula is C59H63LiN4O11S2. The van der Waals surface area contributed by atoms with Crippen molar-refractivity contribution in [1.82, 2.24) is 0 Å². The number of ether oxygens (including phenoxy) is 3. The van der Waals surface area contributed by atoms with Gasteiger partial charge in [-0.05, 0) is 123 Å². The molecule has 0 saturated carbocycles. The Morgan fingerprint density at radius 2 is 0.857 bits per heavy atom. The molecule has 18 heteroatoms. The Bertz CT molecular complexity index is 3530. The molecule has 8 aromatic carbocycles. The van der Waals surface area contributed by atoms with Crippen LogP contribution in [0.5, 0.6) is 11.5 Å². The van der Waals surface area contributed by atoms with Gasteiger partial charge in [-0.3, -0.25) is 19.0 Å². The third-order valence-electron chi connectivity index (χ3n) is 13.1. The molecule has 8 aromatic rings. The predicted molar refractivity (Wildman–Crippen MR) is 300 cm³/mol. The molecule has 15 nitrogen and oxygen atoms in total. The summed E-state index contributed by atoms with van der Waals surface area (Å²) in [5.74, 6) is -0.0255. The standard InChI is InChI=1S/C30H32N2O5S.C29H30N2O5S.Li.H2O/c1-21-9-5-6-10-23(21)20-32(22(2)19-30(33)37-4)29-18-17-28(26-11-7-8-12-27(26)29)31-38(34,35)25-15-13-24(36-3)14-16-25;1-20-8-4-5-9-22(20)19-31(21(2)18-29(32)33)28-17-16-27(25-10-6-7-11-26(25)28)30-37(34,35)24-14-12-23(36-3)13-15-24;;/h5-18,22,31H,19-20H2,1-4H3;4-17,21,30H,18-19H2,1-3H3,(H,32,33);;1H2/q;;+1;/p-1/t22-;21-;;/m00../s1. The van der Waals surface area contributed by atoms with Crippen molar-refractivity contribution in [3.8, 4) is 11.5 Å². The smallest absolute Gasteiger partial charge is 0.870 e. The fraction of sp³-hybridized carbons (Fsp3) is 0.220. The van der Waals surface area contributed by atoms with E-state index in [1.165, 1.54) is 45.6 Å². The second-order valence-electron chi connectivity index (χ2n) is 18.1. The maximum absolute atomic E-state index is 13.2. The average Bonchev–Trinajstić information content (AvgIpc) is 3.41. The fourth-order valence-electron chi connectivity index (χ4n) is 8.86. The first-order valence-electron chi connectivity index (χ1n) is 24.2. The van der Waals surface area contributed by atoms with Crippen LogP contribution in [0, 0.1) is 13.8 Å². The van der Waals surface area contributed by atoms with E-state index in [2.05, 4.69) is 38.3 Å². The van der Waals surface area contributed by atoms with E-state index in [1.807, 2.05) is 118 Å². The van der Waals surface area contributed by atoms with Gasteiger partial charge in [-0.25, -0.2) is 16.8 Å². The normalized spacial score (nSPS) is 11.8. The minimum absolute atomic E-state index is 0. The van der Waals surface area contributed by atoms with Gasteiger partial charge in [0.2, 0.25) is 0 Å². The molecule has 0 unspecified atom stereocenters. The summed E-state index contributed by atoms with van der Waals surface area (Å²) >= 11 is 0. The number of nitrogens with one attached hydrogen (secondary N) is 2. The number of nitrogens with zero attached hydrogens (tertiary/aromatic N) is 2. The van der Waals surface area contributed by atoms with E-state index in [0.29, 0.717) is 36.0 Å². The predicted octanol–water partition coefficient (Wildman–Crippen LogP) is 8.57. The summed E-state index contributed by atoms with van der Waals surface area (Å²) in [5.41, 5.74) is 7.13. The number of carboxylic acid groups (broad SMARTS) is 1. The molecule has 0 fully saturated rings. The molecule has 0 saturated heterocycles. The second kappa shape index (κ2) is 27.0. The number of rotatable bonds is 20. The van der Waals surface area contributed by atoms with Gasteiger partial charge in [-0.2, -0.15) is 0 Å². The number of anilines is 4. The van der Waals surface area contributed by atoms with E-state index >= 15 is 0 Å². The first kappa shape index (κ1) is 60.3. The zero-order valence-corrected chi connectivity index (χ0v) is 46.1. The van der Waals surface area contributed by atoms with Crippen LogP contribution in [0.3, 0.4) is 0 Å². The van der Waals surface area contributed by atoms with E-state index in [9.17, 15) is 31.5 Å². The third-order valence-corrected chi connectivity index (χ3v) is 15.8. The number of methoxy groups -OCH3 is 3. The summed E-state index contributed by atoms with van der Waals surface area (Å²) < 4.78 is 73.4. The van der Waals surface area contributed by atoms with Crippen molar-refractivity contribution in [2.24, 2.45) is 0 Å². The van der Waals surface area contributed by atoms with E-state index in [-0.39, 0.29) is 65.0 Å². The van der Waals surface area contributed by atoms with E-state index in [4.69, 9.17) is 14.2 Å². The van der Waals surface area contributed by atoms with Crippen LogP contribution in [-0.2, 0) is 47.5 Å². The number of sulfonamides is 2. The Morgan fingerprint density at radius 1 is 0.506 bits per heavy atom. The van der Waals surface area contributed by atoms with Crippen LogP contribution in [0.15, 0.2) is 180 Å². The van der Waals surface area contributed by atoms with Crippen LogP contribution in [0.25, 0.3) is 21.5 Å². The molecular weight excluding hydrogens is 1010 g/mol. The summed E-state index contributed by atoms with van der Waals surface area (Å²) in [7, 11) is -3.24. The molecule has 4 N–H and O–H groups in total. The SMILES string of the molecule is COC(=O)C[C@H](C)N(Cc1ccccc1C)c1ccc(NS(=O)(=O)c2ccc(OC)cc2)c2ccccc12.COc1ccc(S(=O)(=O)Nc2ccc(N(Cc3ccccc3C)[C@@H](C)CC(=O)O)c3ccccc23)cc1.[Li+].[OH-]. The van der Waals surface area contributed by atoms with Crippen LogP contribution in [-0.4, -0.2) is 72.8 Å². The first-order valence-corrected chi connectivity index (χ1v) is 27.2. The Labute approximate surface area is 463 Å². The van der Waals surface area contributed by atoms with Crippen molar-refractivity contribution in [3.63, 3.8) is 0 Å². The number of benzene rings is 8. The number of carboxylic acids is 1. The van der Waals surface area contributed by atoms with Crippen molar-refractivity contribution < 1.29 is 70.1 Å². The molecule has 0 spiro atoms. The Hall–Kier alpha value is -7.52. The summed E-state index contributed by atoms with van der Waals surface area (Å²) in [4.78, 5) is 28.3. The molecule has 77 heavy (non-hydrogen) atoms. The summed E-state index contributed by atoms with van der Waals surface area (Å²) in [6, 6.07) is 50.6. The van der Waals surface area contributed by atoms with Gasteiger partial charge in [-0.15, -0.1) is 0 Å². The number of hydrogen-bond donors (Lipinski definition) is 3. The summed E-state index contributed by atoms with van der Waals surface area (Å²) in [6.07, 6.45) is 0.175. The third kappa shape index (κ3) is 14.9. The van der Waals surface area contributed by atoms with Crippen LogP contribution < -0.4 is 47.6 Å². The van der Waals surface area contributed by atoms with Gasteiger partial charge < -0.3 is 34.6 Å². The number of aryl methyl sites for hydroxylation is 2. The van der Waals surface area contributed by atoms with Gasteiger partial charge in [0.1, 0.15) is 11.5 Å². The topological polar surface area (TPSA) is 211 Å². The molecule has 0 aliphatic carbocycles. The van der Waals surface area contributed by atoms with Crippen LogP contribution in [0.1, 0.15) is 48.9 Å². The number of carbonyl (C=O) groups is 2. The number of esters is 1. The zero-order chi connectivity index (χ0) is 53.9. The molecule has 2 atom stereocenters. The number of hydrogen-bond acceptors (Lipinski definition) is 12. The van der Waals surface area contributed by atoms with Crippen molar-refractivity contribution in [1.29, 1.82) is 0 Å². The first-order chi connectivity index (χ1) is 35.9. The summed E-state index contributed by atoms with van der Waals surface area (Å²) in [6.45, 7) is 9.07. The molecule has 0 amide bonds. The van der Waals surface area contributed by atoms with E-state index < -0.39 is 26.0 Å². The monoisotopic (exact) mass is 1070 g/mol. The molecule has 0 aliphatic heterocycles. The van der Waals surface area contributed by atoms with E-state index in [0.717, 1.165) is 55.2 Å². The van der Waals surface area contributed by atoms with Crippen molar-refractivity contribution >= 4 is 76.3 Å². The zero-order valence-electron chi connectivity index (χ0n) is 44.4. The average molecular weight is 1080 g/mol. The quantitative estimate of drug-likeness (QED) is 0.0483. The van der Waals surface area contributed by atoms with Crippen molar-refractivity contribution in [3.05, 3.63) is 192 Å². The van der Waals surface area contributed by atoms with Crippen molar-refractivity contribution in [2.75, 3.05) is 40.6 Å². The molecule has 8 rings (SSSR count). The van der Waals surface area contributed by atoms with Crippen LogP contribution >= 0.6 is 0 Å². The molecule has 0 aromatic heterocycles. The van der Waals surface area contributed by atoms with Gasteiger partial charge in [0.25, 0.3) is 20.0 Å². The molecule has 0 bridgehead atoms.